The minimum absolute atomic E-state index is 0.466. The largest absolute Gasteiger partial charge is 0.352 e. The van der Waals surface area contributed by atoms with Crippen molar-refractivity contribution in [1.29, 1.82) is 0 Å². The fourth-order valence-corrected chi connectivity index (χ4v) is 2.26. The third-order valence-electron chi connectivity index (χ3n) is 3.15. The van der Waals surface area contributed by atoms with Crippen molar-refractivity contribution in [3.05, 3.63) is 0 Å². The van der Waals surface area contributed by atoms with Crippen molar-refractivity contribution in [2.24, 2.45) is 0 Å². The van der Waals surface area contributed by atoms with Crippen molar-refractivity contribution in [3.8, 4) is 0 Å². The second-order valence-corrected chi connectivity index (χ2v) is 4.66. The molecule has 0 aromatic rings. The second-order valence-electron chi connectivity index (χ2n) is 4.35. The summed E-state index contributed by atoms with van der Waals surface area (Å²) in [7, 11) is 3.39. The van der Waals surface area contributed by atoms with E-state index < -0.39 is 5.79 Å². The third-order valence-corrected chi connectivity index (χ3v) is 3.63. The zero-order chi connectivity index (χ0) is 12.3. The van der Waals surface area contributed by atoms with Crippen molar-refractivity contribution >= 4 is 12.6 Å². The Hall–Kier alpha value is 0.270. The van der Waals surface area contributed by atoms with E-state index in [2.05, 4.69) is 19.6 Å². The molecule has 0 spiro atoms. The van der Waals surface area contributed by atoms with Gasteiger partial charge in [0, 0.05) is 26.4 Å². The van der Waals surface area contributed by atoms with Crippen LogP contribution in [0.2, 0.25) is 0 Å². The van der Waals surface area contributed by atoms with Crippen molar-refractivity contribution < 1.29 is 9.47 Å². The van der Waals surface area contributed by atoms with Crippen LogP contribution >= 0.6 is 12.6 Å². The van der Waals surface area contributed by atoms with Gasteiger partial charge in [0.2, 0.25) is 0 Å². The topological polar surface area (TPSA) is 18.5 Å². The second kappa shape index (κ2) is 10.4. The third kappa shape index (κ3) is 6.77. The van der Waals surface area contributed by atoms with E-state index in [0.717, 1.165) is 12.8 Å². The molecule has 0 aliphatic rings. The monoisotopic (exact) mass is 248 g/mol. The summed E-state index contributed by atoms with van der Waals surface area (Å²) in [6.45, 7) is 2.25. The summed E-state index contributed by atoms with van der Waals surface area (Å²) >= 11 is 4.28. The molecule has 0 N–H and O–H groups in total. The number of unbranched alkanes of at least 4 members (excludes halogenated alkanes) is 6. The van der Waals surface area contributed by atoms with E-state index in [1.54, 1.807) is 14.2 Å². The highest BCUT2D eigenvalue weighted by Crippen LogP contribution is 2.22. The van der Waals surface area contributed by atoms with Gasteiger partial charge in [0.15, 0.2) is 5.79 Å². The molecule has 0 atom stereocenters. The standard InChI is InChI=1S/C13H28O2S/c1-4-5-6-7-8-9-10-11-13(12-16,14-2)15-3/h16H,4-12H2,1-3H3. The molecule has 0 heterocycles. The van der Waals surface area contributed by atoms with Crippen LogP contribution in [0.25, 0.3) is 0 Å². The van der Waals surface area contributed by atoms with Crippen LogP contribution in [0.15, 0.2) is 0 Å². The molecule has 0 unspecified atom stereocenters. The average Bonchev–Trinajstić information content (AvgIpc) is 2.34. The highest BCUT2D eigenvalue weighted by atomic mass is 32.1. The van der Waals surface area contributed by atoms with Crippen LogP contribution in [0.1, 0.15) is 58.3 Å². The molecule has 3 heteroatoms. The number of hydrogen-bond donors (Lipinski definition) is 1. The summed E-state index contributed by atoms with van der Waals surface area (Å²) in [5.74, 6) is 0.155. The van der Waals surface area contributed by atoms with E-state index in [0.29, 0.717) is 5.75 Å². The van der Waals surface area contributed by atoms with E-state index in [-0.39, 0.29) is 0 Å². The summed E-state index contributed by atoms with van der Waals surface area (Å²) in [5.41, 5.74) is 0. The molecule has 0 aliphatic carbocycles. The van der Waals surface area contributed by atoms with Gasteiger partial charge in [-0.2, -0.15) is 12.6 Å². The van der Waals surface area contributed by atoms with Crippen molar-refractivity contribution in [2.75, 3.05) is 20.0 Å². The lowest BCUT2D eigenvalue weighted by Gasteiger charge is -2.29. The minimum atomic E-state index is -0.466. The van der Waals surface area contributed by atoms with Gasteiger partial charge in [-0.1, -0.05) is 45.4 Å². The molecule has 16 heavy (non-hydrogen) atoms. The van der Waals surface area contributed by atoms with Gasteiger partial charge >= 0.3 is 0 Å². The molecule has 0 radical (unpaired) electrons. The molecular formula is C13H28O2S. The highest BCUT2D eigenvalue weighted by Gasteiger charge is 2.26. The Kier molecular flexibility index (Phi) is 10.6. The summed E-state index contributed by atoms with van der Waals surface area (Å²) in [5, 5.41) is 0. The minimum Gasteiger partial charge on any atom is -0.352 e. The predicted octanol–water partition coefficient (Wildman–Crippen LogP) is 4.05. The van der Waals surface area contributed by atoms with E-state index in [1.165, 1.54) is 38.5 Å². The molecule has 0 aliphatic heterocycles. The molecule has 0 saturated carbocycles. The Morgan fingerprint density at radius 1 is 0.875 bits per heavy atom. The summed E-state index contributed by atoms with van der Waals surface area (Å²) in [4.78, 5) is 0. The van der Waals surface area contributed by atoms with Gasteiger partial charge in [-0.05, 0) is 6.42 Å². The first kappa shape index (κ1) is 16.3. The number of hydrogen-bond acceptors (Lipinski definition) is 3. The zero-order valence-electron chi connectivity index (χ0n) is 11.1. The van der Waals surface area contributed by atoms with E-state index >= 15 is 0 Å². The SMILES string of the molecule is CCCCCCCCCC(CS)(OC)OC. The molecule has 0 saturated heterocycles. The van der Waals surface area contributed by atoms with E-state index in [4.69, 9.17) is 9.47 Å². The Bertz CT molecular complexity index is 139. The molecule has 0 bridgehead atoms. The lowest BCUT2D eigenvalue weighted by Crippen LogP contribution is -2.35. The molecule has 2 nitrogen and oxygen atoms in total. The molecular weight excluding hydrogens is 220 g/mol. The Labute approximate surface area is 107 Å². The van der Waals surface area contributed by atoms with Crippen LogP contribution in [0.3, 0.4) is 0 Å². The Morgan fingerprint density at radius 3 is 1.81 bits per heavy atom. The molecule has 0 aromatic heterocycles. The quantitative estimate of drug-likeness (QED) is 0.338. The molecule has 98 valence electrons. The fourth-order valence-electron chi connectivity index (χ4n) is 1.85. The normalized spacial score (nSPS) is 12.0. The summed E-state index contributed by atoms with van der Waals surface area (Å²) in [6.07, 6.45) is 10.1. The van der Waals surface area contributed by atoms with Crippen molar-refractivity contribution in [1.82, 2.24) is 0 Å². The smallest absolute Gasteiger partial charge is 0.176 e. The van der Waals surface area contributed by atoms with Crippen LogP contribution in [0.5, 0.6) is 0 Å². The van der Waals surface area contributed by atoms with Gasteiger partial charge in [0.25, 0.3) is 0 Å². The summed E-state index contributed by atoms with van der Waals surface area (Å²) in [6, 6.07) is 0. The van der Waals surface area contributed by atoms with Crippen LogP contribution in [0.4, 0.5) is 0 Å². The first-order chi connectivity index (χ1) is 7.74. The average molecular weight is 248 g/mol. The molecule has 0 aromatic carbocycles. The first-order valence-corrected chi connectivity index (χ1v) is 7.09. The van der Waals surface area contributed by atoms with Crippen molar-refractivity contribution in [2.45, 2.75) is 64.1 Å². The van der Waals surface area contributed by atoms with Gasteiger partial charge < -0.3 is 9.47 Å². The van der Waals surface area contributed by atoms with Gasteiger partial charge in [0.05, 0.1) is 0 Å². The van der Waals surface area contributed by atoms with Crippen molar-refractivity contribution in [3.63, 3.8) is 0 Å². The van der Waals surface area contributed by atoms with E-state index in [1.807, 2.05) is 0 Å². The van der Waals surface area contributed by atoms with Crippen LogP contribution < -0.4 is 0 Å². The lowest BCUT2D eigenvalue weighted by molar-refractivity contribution is -0.193. The molecule has 0 fully saturated rings. The number of ether oxygens (including phenoxy) is 2. The van der Waals surface area contributed by atoms with Gasteiger partial charge in [0.1, 0.15) is 0 Å². The van der Waals surface area contributed by atoms with Gasteiger partial charge in [-0.3, -0.25) is 0 Å². The summed E-state index contributed by atoms with van der Waals surface area (Å²) < 4.78 is 10.8. The van der Waals surface area contributed by atoms with E-state index in [9.17, 15) is 0 Å². The van der Waals surface area contributed by atoms with Gasteiger partial charge in [-0.15, -0.1) is 0 Å². The fraction of sp³-hybridized carbons (Fsp3) is 1.00. The van der Waals surface area contributed by atoms with Crippen LogP contribution in [0, 0.1) is 0 Å². The molecule has 0 rings (SSSR count). The number of thiol groups is 1. The highest BCUT2D eigenvalue weighted by molar-refractivity contribution is 7.80. The predicted molar refractivity (Wildman–Crippen MR) is 73.2 cm³/mol. The van der Waals surface area contributed by atoms with Crippen LogP contribution in [-0.2, 0) is 9.47 Å². The zero-order valence-corrected chi connectivity index (χ0v) is 12.0. The lowest BCUT2D eigenvalue weighted by atomic mass is 10.1. The maximum absolute atomic E-state index is 5.38. The Morgan fingerprint density at radius 2 is 1.38 bits per heavy atom. The Balaban J connectivity index is 3.48. The van der Waals surface area contributed by atoms with Gasteiger partial charge in [-0.25, -0.2) is 0 Å². The number of rotatable bonds is 11. The maximum Gasteiger partial charge on any atom is 0.176 e. The van der Waals surface area contributed by atoms with Crippen LogP contribution in [-0.4, -0.2) is 25.8 Å². The number of methoxy groups -OCH3 is 2. The maximum atomic E-state index is 5.38. The first-order valence-electron chi connectivity index (χ1n) is 6.46. The molecule has 0 amide bonds.